The van der Waals surface area contributed by atoms with Crippen molar-refractivity contribution in [1.29, 1.82) is 0 Å². The van der Waals surface area contributed by atoms with E-state index in [0.717, 1.165) is 7.11 Å². The standard InChI is InChI=1S/C13H29N.C2H4O3/c1-4-7-10-13(14,11-8-5-2)12-9-6-3;1-5-2(3)4/h4-12,14H2,1-3H3;1H3,(H,3,4). The van der Waals surface area contributed by atoms with Gasteiger partial charge in [0, 0.05) is 5.54 Å². The second-order valence-corrected chi connectivity index (χ2v) is 5.14. The molecule has 0 bridgehead atoms. The van der Waals surface area contributed by atoms with Gasteiger partial charge in [-0.2, -0.15) is 0 Å². The third kappa shape index (κ3) is 15.2. The van der Waals surface area contributed by atoms with Crippen molar-refractivity contribution in [1.82, 2.24) is 0 Å². The van der Waals surface area contributed by atoms with Crippen LogP contribution in [0.1, 0.15) is 78.6 Å². The van der Waals surface area contributed by atoms with Crippen LogP contribution in [0.15, 0.2) is 0 Å². The molecule has 19 heavy (non-hydrogen) atoms. The Hall–Kier alpha value is -0.770. The number of methoxy groups -OCH3 is 1. The highest BCUT2D eigenvalue weighted by Crippen LogP contribution is 2.24. The van der Waals surface area contributed by atoms with Crippen LogP contribution in [0.5, 0.6) is 0 Å². The molecule has 0 spiro atoms. The maximum atomic E-state index is 9.15. The van der Waals surface area contributed by atoms with Crippen LogP contribution in [0.2, 0.25) is 0 Å². The summed E-state index contributed by atoms with van der Waals surface area (Å²) in [5.41, 5.74) is 6.61. The molecule has 3 N–H and O–H groups in total. The van der Waals surface area contributed by atoms with E-state index < -0.39 is 6.16 Å². The number of ether oxygens (including phenoxy) is 1. The molecule has 0 aromatic rings. The van der Waals surface area contributed by atoms with E-state index in [9.17, 15) is 0 Å². The largest absolute Gasteiger partial charge is 0.505 e. The monoisotopic (exact) mass is 275 g/mol. The van der Waals surface area contributed by atoms with Gasteiger partial charge in [0.25, 0.3) is 0 Å². The van der Waals surface area contributed by atoms with Crippen molar-refractivity contribution in [3.63, 3.8) is 0 Å². The zero-order valence-electron chi connectivity index (χ0n) is 13.2. The van der Waals surface area contributed by atoms with E-state index in [1.54, 1.807) is 0 Å². The number of nitrogens with two attached hydrogens (primary N) is 1. The molecule has 0 saturated carbocycles. The fourth-order valence-electron chi connectivity index (χ4n) is 1.96. The molecule has 0 aromatic carbocycles. The van der Waals surface area contributed by atoms with Gasteiger partial charge in [-0.05, 0) is 19.3 Å². The van der Waals surface area contributed by atoms with Gasteiger partial charge < -0.3 is 15.6 Å². The quantitative estimate of drug-likeness (QED) is 0.605. The number of carboxylic acid groups (broad SMARTS) is 1. The van der Waals surface area contributed by atoms with Gasteiger partial charge in [-0.3, -0.25) is 0 Å². The van der Waals surface area contributed by atoms with Crippen LogP contribution in [0.4, 0.5) is 4.79 Å². The summed E-state index contributed by atoms with van der Waals surface area (Å²) in [6.07, 6.45) is 10.1. The lowest BCUT2D eigenvalue weighted by molar-refractivity contribution is 0.114. The summed E-state index contributed by atoms with van der Waals surface area (Å²) in [6.45, 7) is 6.75. The first-order chi connectivity index (χ1) is 8.95. The fraction of sp³-hybridized carbons (Fsp3) is 0.933. The summed E-state index contributed by atoms with van der Waals surface area (Å²) in [4.78, 5) is 9.15. The van der Waals surface area contributed by atoms with Crippen molar-refractivity contribution in [2.45, 2.75) is 84.1 Å². The van der Waals surface area contributed by atoms with Crippen molar-refractivity contribution < 1.29 is 14.6 Å². The predicted octanol–water partition coefficient (Wildman–Crippen LogP) is 4.57. The summed E-state index contributed by atoms with van der Waals surface area (Å²) >= 11 is 0. The van der Waals surface area contributed by atoms with Crippen molar-refractivity contribution in [2.75, 3.05) is 7.11 Å². The smallest absolute Gasteiger partial charge is 0.450 e. The first kappa shape index (κ1) is 20.5. The Bertz CT molecular complexity index is 186. The minimum absolute atomic E-state index is 0.155. The van der Waals surface area contributed by atoms with Gasteiger partial charge in [0.2, 0.25) is 0 Å². The van der Waals surface area contributed by atoms with Crippen LogP contribution in [0.3, 0.4) is 0 Å². The molecule has 0 aliphatic heterocycles. The van der Waals surface area contributed by atoms with Gasteiger partial charge >= 0.3 is 6.16 Å². The highest BCUT2D eigenvalue weighted by Gasteiger charge is 2.22. The number of hydrogen-bond acceptors (Lipinski definition) is 3. The summed E-state index contributed by atoms with van der Waals surface area (Å²) < 4.78 is 3.67. The molecule has 4 heteroatoms. The summed E-state index contributed by atoms with van der Waals surface area (Å²) in [6, 6.07) is 0. The SMILES string of the molecule is CCCCC(N)(CCCC)CCCC.COC(=O)O. The van der Waals surface area contributed by atoms with Crippen LogP contribution in [0.25, 0.3) is 0 Å². The van der Waals surface area contributed by atoms with E-state index in [1.165, 1.54) is 57.8 Å². The van der Waals surface area contributed by atoms with Crippen molar-refractivity contribution in [2.24, 2.45) is 5.73 Å². The van der Waals surface area contributed by atoms with Gasteiger partial charge in [-0.25, -0.2) is 4.79 Å². The first-order valence-corrected chi connectivity index (χ1v) is 7.51. The van der Waals surface area contributed by atoms with E-state index in [2.05, 4.69) is 25.5 Å². The Morgan fingerprint density at radius 1 is 1.00 bits per heavy atom. The molecule has 0 rings (SSSR count). The molecule has 0 aromatic heterocycles. The first-order valence-electron chi connectivity index (χ1n) is 7.51. The average Bonchev–Trinajstić information content (AvgIpc) is 2.41. The van der Waals surface area contributed by atoms with Gasteiger partial charge in [0.15, 0.2) is 0 Å². The number of carbonyl (C=O) groups is 1. The summed E-state index contributed by atoms with van der Waals surface area (Å²) in [7, 11) is 1.10. The zero-order chi connectivity index (χ0) is 15.1. The lowest BCUT2D eigenvalue weighted by Crippen LogP contribution is -2.39. The zero-order valence-corrected chi connectivity index (χ0v) is 13.2. The van der Waals surface area contributed by atoms with E-state index >= 15 is 0 Å². The average molecular weight is 275 g/mol. The highest BCUT2D eigenvalue weighted by atomic mass is 16.6. The molecule has 116 valence electrons. The minimum atomic E-state index is -1.25. The molecule has 0 radical (unpaired) electrons. The lowest BCUT2D eigenvalue weighted by atomic mass is 9.84. The van der Waals surface area contributed by atoms with Crippen LogP contribution in [0, 0.1) is 0 Å². The molecule has 0 aliphatic carbocycles. The highest BCUT2D eigenvalue weighted by molar-refractivity contribution is 5.56. The van der Waals surface area contributed by atoms with E-state index in [1.807, 2.05) is 0 Å². The maximum absolute atomic E-state index is 9.15. The molecule has 0 fully saturated rings. The van der Waals surface area contributed by atoms with E-state index in [0.29, 0.717) is 0 Å². The molecule has 0 aliphatic rings. The number of hydrogen-bond donors (Lipinski definition) is 2. The van der Waals surface area contributed by atoms with Gasteiger partial charge in [0.05, 0.1) is 7.11 Å². The Labute approximate surface area is 118 Å². The Kier molecular flexibility index (Phi) is 14.8. The number of unbranched alkanes of at least 4 members (excludes halogenated alkanes) is 3. The number of rotatable bonds is 9. The summed E-state index contributed by atoms with van der Waals surface area (Å²) in [5.74, 6) is 0. The maximum Gasteiger partial charge on any atom is 0.505 e. The lowest BCUT2D eigenvalue weighted by Gasteiger charge is -2.29. The third-order valence-electron chi connectivity index (χ3n) is 3.26. The molecule has 0 saturated heterocycles. The van der Waals surface area contributed by atoms with Gasteiger partial charge in [0.1, 0.15) is 0 Å². The van der Waals surface area contributed by atoms with Crippen LogP contribution >= 0.6 is 0 Å². The van der Waals surface area contributed by atoms with Gasteiger partial charge in [-0.1, -0.05) is 59.3 Å². The Morgan fingerprint density at radius 3 is 1.42 bits per heavy atom. The van der Waals surface area contributed by atoms with Crippen LogP contribution in [-0.4, -0.2) is 23.9 Å². The molecule has 0 heterocycles. The van der Waals surface area contributed by atoms with Crippen molar-refractivity contribution in [3.05, 3.63) is 0 Å². The van der Waals surface area contributed by atoms with Gasteiger partial charge in [-0.15, -0.1) is 0 Å². The van der Waals surface area contributed by atoms with Crippen LogP contribution in [-0.2, 0) is 4.74 Å². The normalized spacial score (nSPS) is 10.6. The second-order valence-electron chi connectivity index (χ2n) is 5.14. The Balaban J connectivity index is 0. The van der Waals surface area contributed by atoms with Crippen molar-refractivity contribution >= 4 is 6.16 Å². The van der Waals surface area contributed by atoms with E-state index in [4.69, 9.17) is 15.6 Å². The fourth-order valence-corrected chi connectivity index (χ4v) is 1.96. The minimum Gasteiger partial charge on any atom is -0.450 e. The predicted molar refractivity (Wildman–Crippen MR) is 80.5 cm³/mol. The van der Waals surface area contributed by atoms with E-state index in [-0.39, 0.29) is 5.54 Å². The molecule has 4 nitrogen and oxygen atoms in total. The molecule has 0 atom stereocenters. The second kappa shape index (κ2) is 13.7. The molecular weight excluding hydrogens is 242 g/mol. The van der Waals surface area contributed by atoms with Crippen molar-refractivity contribution in [3.8, 4) is 0 Å². The topological polar surface area (TPSA) is 72.5 Å². The van der Waals surface area contributed by atoms with Crippen LogP contribution < -0.4 is 5.73 Å². The Morgan fingerprint density at radius 2 is 1.26 bits per heavy atom. The molecule has 0 unspecified atom stereocenters. The molecular formula is C15H33NO3. The third-order valence-corrected chi connectivity index (χ3v) is 3.26. The molecule has 0 amide bonds. The summed E-state index contributed by atoms with van der Waals surface area (Å²) in [5, 5.41) is 7.50.